The predicted octanol–water partition coefficient (Wildman–Crippen LogP) is 7.09. The third-order valence-electron chi connectivity index (χ3n) is 6.88. The molecule has 0 radical (unpaired) electrons. The first-order valence-corrected chi connectivity index (χ1v) is 11.7. The Morgan fingerprint density at radius 2 is 1.62 bits per heavy atom. The van der Waals surface area contributed by atoms with E-state index >= 15 is 0 Å². The minimum Gasteiger partial charge on any atom is -0.486 e. The average Bonchev–Trinajstić information content (AvgIpc) is 3.71. The van der Waals surface area contributed by atoms with E-state index < -0.39 is 11.6 Å². The van der Waals surface area contributed by atoms with Gasteiger partial charge in [0.2, 0.25) is 5.82 Å². The van der Waals surface area contributed by atoms with Crippen LogP contribution in [0.1, 0.15) is 54.4 Å². The van der Waals surface area contributed by atoms with Crippen molar-refractivity contribution in [1.82, 2.24) is 0 Å². The van der Waals surface area contributed by atoms with Crippen LogP contribution in [-0.2, 0) is 16.1 Å². The highest BCUT2D eigenvalue weighted by Gasteiger charge is 2.27. The third-order valence-corrected chi connectivity index (χ3v) is 6.88. The number of hydrogen-bond donors (Lipinski definition) is 0. The summed E-state index contributed by atoms with van der Waals surface area (Å²) in [7, 11) is 1.69. The molecule has 1 heterocycles. The second kappa shape index (κ2) is 9.80. The molecule has 0 spiro atoms. The Bertz CT molecular complexity index is 1150. The van der Waals surface area contributed by atoms with Crippen molar-refractivity contribution < 1.29 is 27.4 Å². The SMILES string of the molecule is COC1CCC(c2ccc(OCc3ccc(-c4ccc(C5CO5)cc4F)cc3)c(F)c2F)CC1. The van der Waals surface area contributed by atoms with Gasteiger partial charge < -0.3 is 14.2 Å². The summed E-state index contributed by atoms with van der Waals surface area (Å²) in [5, 5.41) is 0. The fraction of sp³-hybridized carbons (Fsp3) is 0.357. The molecule has 1 unspecified atom stereocenters. The molecule has 2 fully saturated rings. The fourth-order valence-corrected chi connectivity index (χ4v) is 4.73. The van der Waals surface area contributed by atoms with Crippen molar-refractivity contribution in [2.75, 3.05) is 13.7 Å². The first-order valence-electron chi connectivity index (χ1n) is 11.7. The van der Waals surface area contributed by atoms with E-state index in [4.69, 9.17) is 14.2 Å². The largest absolute Gasteiger partial charge is 0.486 e. The lowest BCUT2D eigenvalue weighted by Crippen LogP contribution is -2.20. The molecule has 2 aliphatic rings. The van der Waals surface area contributed by atoms with Gasteiger partial charge in [0.1, 0.15) is 18.5 Å². The Morgan fingerprint density at radius 1 is 0.882 bits per heavy atom. The molecular weight excluding hydrogens is 441 g/mol. The van der Waals surface area contributed by atoms with Crippen molar-refractivity contribution in [2.24, 2.45) is 0 Å². The van der Waals surface area contributed by atoms with Crippen LogP contribution >= 0.6 is 0 Å². The van der Waals surface area contributed by atoms with E-state index in [0.29, 0.717) is 17.7 Å². The van der Waals surface area contributed by atoms with Crippen molar-refractivity contribution >= 4 is 0 Å². The van der Waals surface area contributed by atoms with Crippen LogP contribution in [0.4, 0.5) is 13.2 Å². The van der Waals surface area contributed by atoms with Crippen LogP contribution in [0.3, 0.4) is 0 Å². The van der Waals surface area contributed by atoms with E-state index in [1.807, 2.05) is 6.07 Å². The van der Waals surface area contributed by atoms with Crippen molar-refractivity contribution in [3.8, 4) is 16.9 Å². The second-order valence-corrected chi connectivity index (χ2v) is 9.04. The molecule has 0 aromatic heterocycles. The highest BCUT2D eigenvalue weighted by Crippen LogP contribution is 2.37. The lowest BCUT2D eigenvalue weighted by atomic mass is 9.82. The van der Waals surface area contributed by atoms with Gasteiger partial charge in [-0.15, -0.1) is 0 Å². The first-order chi connectivity index (χ1) is 16.5. The zero-order chi connectivity index (χ0) is 23.7. The predicted molar refractivity (Wildman–Crippen MR) is 123 cm³/mol. The Balaban J connectivity index is 1.23. The van der Waals surface area contributed by atoms with Crippen molar-refractivity contribution in [2.45, 2.75) is 50.4 Å². The zero-order valence-corrected chi connectivity index (χ0v) is 19.0. The van der Waals surface area contributed by atoms with Gasteiger partial charge in [-0.05, 0) is 66.0 Å². The maximum absolute atomic E-state index is 14.8. The average molecular weight is 469 g/mol. The molecule has 5 rings (SSSR count). The van der Waals surface area contributed by atoms with Gasteiger partial charge in [0, 0.05) is 12.7 Å². The lowest BCUT2D eigenvalue weighted by molar-refractivity contribution is 0.0654. The minimum atomic E-state index is -0.954. The first kappa shape index (κ1) is 22.9. The maximum atomic E-state index is 14.8. The number of halogens is 3. The zero-order valence-electron chi connectivity index (χ0n) is 19.0. The molecule has 3 nitrogen and oxygen atoms in total. The Kier molecular flexibility index (Phi) is 6.61. The van der Waals surface area contributed by atoms with Gasteiger partial charge in [0.05, 0.1) is 12.7 Å². The van der Waals surface area contributed by atoms with Crippen LogP contribution in [0.2, 0.25) is 0 Å². The molecular formula is C28H27F3O3. The van der Waals surface area contributed by atoms with Crippen LogP contribution in [0.5, 0.6) is 5.75 Å². The highest BCUT2D eigenvalue weighted by molar-refractivity contribution is 5.65. The van der Waals surface area contributed by atoms with Crippen LogP contribution in [-0.4, -0.2) is 19.8 Å². The number of epoxide rings is 1. The normalized spacial score (nSPS) is 21.9. The van der Waals surface area contributed by atoms with Crippen molar-refractivity contribution in [3.63, 3.8) is 0 Å². The van der Waals surface area contributed by atoms with Crippen molar-refractivity contribution in [3.05, 3.63) is 88.7 Å². The summed E-state index contributed by atoms with van der Waals surface area (Å²) < 4.78 is 60.2. The summed E-state index contributed by atoms with van der Waals surface area (Å²) in [6.07, 6.45) is 3.45. The van der Waals surface area contributed by atoms with Gasteiger partial charge in [-0.3, -0.25) is 0 Å². The highest BCUT2D eigenvalue weighted by atomic mass is 19.2. The molecule has 1 aliphatic carbocycles. The molecule has 6 heteroatoms. The van der Waals surface area contributed by atoms with Crippen LogP contribution < -0.4 is 4.74 Å². The van der Waals surface area contributed by atoms with Gasteiger partial charge in [-0.2, -0.15) is 4.39 Å². The van der Waals surface area contributed by atoms with E-state index in [-0.39, 0.29) is 36.3 Å². The van der Waals surface area contributed by atoms with Gasteiger partial charge in [0.15, 0.2) is 11.6 Å². The van der Waals surface area contributed by atoms with Crippen LogP contribution in [0.15, 0.2) is 54.6 Å². The van der Waals surface area contributed by atoms with E-state index in [1.54, 1.807) is 43.5 Å². The van der Waals surface area contributed by atoms with Gasteiger partial charge in [-0.1, -0.05) is 42.5 Å². The Labute approximate surface area is 197 Å². The van der Waals surface area contributed by atoms with E-state index in [9.17, 15) is 13.2 Å². The molecule has 1 aliphatic heterocycles. The molecule has 0 bridgehead atoms. The summed E-state index contributed by atoms with van der Waals surface area (Å²) in [6.45, 7) is 0.714. The van der Waals surface area contributed by atoms with E-state index in [2.05, 4.69) is 0 Å². The Morgan fingerprint density at radius 3 is 2.26 bits per heavy atom. The van der Waals surface area contributed by atoms with Crippen molar-refractivity contribution in [1.29, 1.82) is 0 Å². The molecule has 1 saturated carbocycles. The number of hydrogen-bond acceptors (Lipinski definition) is 3. The smallest absolute Gasteiger partial charge is 0.200 e. The summed E-state index contributed by atoms with van der Waals surface area (Å²) in [5.41, 5.74) is 3.25. The third kappa shape index (κ3) is 4.84. The van der Waals surface area contributed by atoms with E-state index in [1.165, 1.54) is 12.1 Å². The number of methoxy groups -OCH3 is 1. The quantitative estimate of drug-likeness (QED) is 0.347. The number of benzene rings is 3. The molecule has 1 atom stereocenters. The molecule has 3 aromatic carbocycles. The van der Waals surface area contributed by atoms with Gasteiger partial charge >= 0.3 is 0 Å². The number of ether oxygens (including phenoxy) is 3. The Hall–Kier alpha value is -2.83. The molecule has 1 saturated heterocycles. The summed E-state index contributed by atoms with van der Waals surface area (Å²) in [5.74, 6) is -2.20. The molecule has 0 N–H and O–H groups in total. The standard InChI is InChI=1S/C28H27F3O3/c1-32-21-9-6-19(7-10-21)23-12-13-25(28(31)27(23)30)33-15-17-2-4-18(5-3-17)22-11-8-20(14-24(22)29)26-16-34-26/h2-5,8,11-14,19,21,26H,6-7,9-10,15-16H2,1H3. The maximum Gasteiger partial charge on any atom is 0.200 e. The van der Waals surface area contributed by atoms with Gasteiger partial charge in [-0.25, -0.2) is 8.78 Å². The van der Waals surface area contributed by atoms with Crippen LogP contribution in [0, 0.1) is 17.5 Å². The minimum absolute atomic E-state index is 0.00578. The fourth-order valence-electron chi connectivity index (χ4n) is 4.73. The monoisotopic (exact) mass is 468 g/mol. The second-order valence-electron chi connectivity index (χ2n) is 9.04. The molecule has 0 amide bonds. The lowest BCUT2D eigenvalue weighted by Gasteiger charge is -2.28. The molecule has 34 heavy (non-hydrogen) atoms. The summed E-state index contributed by atoms with van der Waals surface area (Å²) in [4.78, 5) is 0. The number of rotatable bonds is 7. The van der Waals surface area contributed by atoms with E-state index in [0.717, 1.165) is 42.4 Å². The van der Waals surface area contributed by atoms with Gasteiger partial charge in [0.25, 0.3) is 0 Å². The molecule has 178 valence electrons. The molecule has 3 aromatic rings. The summed E-state index contributed by atoms with van der Waals surface area (Å²) >= 11 is 0. The topological polar surface area (TPSA) is 31.0 Å². The van der Waals surface area contributed by atoms with Crippen LogP contribution in [0.25, 0.3) is 11.1 Å². The summed E-state index contributed by atoms with van der Waals surface area (Å²) in [6, 6.07) is 15.4.